The molecule has 1 aromatic carbocycles. The molecular formula is C14H17Cl2N3. The lowest BCUT2D eigenvalue weighted by Crippen LogP contribution is -2.14. The first-order valence-electron chi connectivity index (χ1n) is 6.13. The van der Waals surface area contributed by atoms with Crippen LogP contribution in [0, 0.1) is 0 Å². The standard InChI is InChI=1S/C14H17Cl2N3/c1-17-5-4-10-8-13(19(2)3)14-11(16)6-9(15)7-12(14)18-10/h6-8,17H,4-5H2,1-3H3. The average Bonchev–Trinajstić information content (AvgIpc) is 2.34. The summed E-state index contributed by atoms with van der Waals surface area (Å²) < 4.78 is 0. The van der Waals surface area contributed by atoms with Crippen molar-refractivity contribution in [3.8, 4) is 0 Å². The number of hydrogen-bond acceptors (Lipinski definition) is 3. The summed E-state index contributed by atoms with van der Waals surface area (Å²) in [6.07, 6.45) is 0.872. The quantitative estimate of drug-likeness (QED) is 0.938. The molecule has 1 heterocycles. The van der Waals surface area contributed by atoms with Crippen LogP contribution in [0.3, 0.4) is 0 Å². The van der Waals surface area contributed by atoms with E-state index in [1.165, 1.54) is 0 Å². The molecule has 0 radical (unpaired) electrons. The van der Waals surface area contributed by atoms with Crippen molar-refractivity contribution >= 4 is 39.8 Å². The van der Waals surface area contributed by atoms with Gasteiger partial charge >= 0.3 is 0 Å². The molecular weight excluding hydrogens is 281 g/mol. The van der Waals surface area contributed by atoms with Gasteiger partial charge in [-0.2, -0.15) is 0 Å². The molecule has 0 aliphatic carbocycles. The van der Waals surface area contributed by atoms with E-state index in [1.807, 2.05) is 32.1 Å². The van der Waals surface area contributed by atoms with Gasteiger partial charge in [-0.1, -0.05) is 23.2 Å². The fourth-order valence-electron chi connectivity index (χ4n) is 2.05. The highest BCUT2D eigenvalue weighted by atomic mass is 35.5. The minimum atomic E-state index is 0.612. The molecule has 0 aliphatic heterocycles. The maximum atomic E-state index is 6.30. The van der Waals surface area contributed by atoms with Crippen LogP contribution in [0.4, 0.5) is 5.69 Å². The Morgan fingerprint density at radius 1 is 1.21 bits per heavy atom. The van der Waals surface area contributed by atoms with Gasteiger partial charge in [-0.3, -0.25) is 4.98 Å². The largest absolute Gasteiger partial charge is 0.377 e. The molecule has 0 saturated heterocycles. The molecule has 102 valence electrons. The van der Waals surface area contributed by atoms with E-state index >= 15 is 0 Å². The van der Waals surface area contributed by atoms with Gasteiger partial charge in [0.2, 0.25) is 0 Å². The molecule has 2 aromatic rings. The van der Waals surface area contributed by atoms with Crippen molar-refractivity contribution in [3.63, 3.8) is 0 Å². The van der Waals surface area contributed by atoms with Crippen LogP contribution in [-0.2, 0) is 6.42 Å². The third kappa shape index (κ3) is 3.11. The Morgan fingerprint density at radius 2 is 1.95 bits per heavy atom. The predicted octanol–water partition coefficient (Wildman–Crippen LogP) is 3.37. The fourth-order valence-corrected chi connectivity index (χ4v) is 2.63. The van der Waals surface area contributed by atoms with Gasteiger partial charge in [-0.05, 0) is 25.2 Å². The summed E-state index contributed by atoms with van der Waals surface area (Å²) >= 11 is 12.4. The molecule has 2 rings (SSSR count). The smallest absolute Gasteiger partial charge is 0.0756 e. The predicted molar refractivity (Wildman–Crippen MR) is 83.7 cm³/mol. The van der Waals surface area contributed by atoms with Gasteiger partial charge in [-0.15, -0.1) is 0 Å². The number of anilines is 1. The van der Waals surface area contributed by atoms with Gasteiger partial charge in [0.1, 0.15) is 0 Å². The highest BCUT2D eigenvalue weighted by molar-refractivity contribution is 6.39. The van der Waals surface area contributed by atoms with Crippen molar-refractivity contribution in [2.24, 2.45) is 0 Å². The van der Waals surface area contributed by atoms with Crippen molar-refractivity contribution in [1.82, 2.24) is 10.3 Å². The first-order valence-corrected chi connectivity index (χ1v) is 6.89. The molecule has 0 fully saturated rings. The van der Waals surface area contributed by atoms with Crippen molar-refractivity contribution in [3.05, 3.63) is 33.9 Å². The zero-order valence-corrected chi connectivity index (χ0v) is 12.8. The lowest BCUT2D eigenvalue weighted by atomic mass is 10.1. The van der Waals surface area contributed by atoms with Crippen molar-refractivity contribution in [2.75, 3.05) is 32.6 Å². The van der Waals surface area contributed by atoms with Gasteiger partial charge in [-0.25, -0.2) is 0 Å². The summed E-state index contributed by atoms with van der Waals surface area (Å²) in [6.45, 7) is 0.889. The third-order valence-electron chi connectivity index (χ3n) is 2.97. The number of hydrogen-bond donors (Lipinski definition) is 1. The van der Waals surface area contributed by atoms with Crippen LogP contribution >= 0.6 is 23.2 Å². The monoisotopic (exact) mass is 297 g/mol. The lowest BCUT2D eigenvalue weighted by Gasteiger charge is -2.18. The van der Waals surface area contributed by atoms with E-state index < -0.39 is 0 Å². The molecule has 0 unspecified atom stereocenters. The lowest BCUT2D eigenvalue weighted by molar-refractivity contribution is 0.779. The zero-order valence-electron chi connectivity index (χ0n) is 11.3. The van der Waals surface area contributed by atoms with Crippen LogP contribution in [0.2, 0.25) is 10.0 Å². The number of nitrogens with one attached hydrogen (secondary N) is 1. The maximum Gasteiger partial charge on any atom is 0.0756 e. The van der Waals surface area contributed by atoms with E-state index in [0.717, 1.165) is 35.2 Å². The van der Waals surface area contributed by atoms with E-state index in [0.29, 0.717) is 10.0 Å². The summed E-state index contributed by atoms with van der Waals surface area (Å²) in [7, 11) is 5.94. The number of likely N-dealkylation sites (N-methyl/N-ethyl adjacent to an activating group) is 1. The highest BCUT2D eigenvalue weighted by Gasteiger charge is 2.12. The molecule has 0 aliphatic rings. The van der Waals surface area contributed by atoms with Crippen LogP contribution < -0.4 is 10.2 Å². The molecule has 0 bridgehead atoms. The Bertz CT molecular complexity index is 597. The Hall–Kier alpha value is -1.03. The van der Waals surface area contributed by atoms with E-state index in [1.54, 1.807) is 6.07 Å². The summed E-state index contributed by atoms with van der Waals surface area (Å²) in [5.41, 5.74) is 2.94. The summed E-state index contributed by atoms with van der Waals surface area (Å²) in [4.78, 5) is 6.69. The van der Waals surface area contributed by atoms with Gasteiger partial charge in [0.25, 0.3) is 0 Å². The summed E-state index contributed by atoms with van der Waals surface area (Å²) in [6, 6.07) is 5.70. The first kappa shape index (κ1) is 14.4. The van der Waals surface area contributed by atoms with Crippen LogP contribution in [-0.4, -0.2) is 32.7 Å². The summed E-state index contributed by atoms with van der Waals surface area (Å²) in [5.74, 6) is 0. The number of aromatic nitrogens is 1. The third-order valence-corrected chi connectivity index (χ3v) is 3.49. The fraction of sp³-hybridized carbons (Fsp3) is 0.357. The molecule has 1 aromatic heterocycles. The second-order valence-electron chi connectivity index (χ2n) is 4.66. The second kappa shape index (κ2) is 5.95. The van der Waals surface area contributed by atoms with Crippen molar-refractivity contribution < 1.29 is 0 Å². The number of nitrogens with zero attached hydrogens (tertiary/aromatic N) is 2. The number of halogens is 2. The molecule has 5 heteroatoms. The van der Waals surface area contributed by atoms with E-state index in [2.05, 4.69) is 16.4 Å². The van der Waals surface area contributed by atoms with Crippen LogP contribution in [0.15, 0.2) is 18.2 Å². The van der Waals surface area contributed by atoms with Gasteiger partial charge in [0.05, 0.1) is 10.5 Å². The zero-order chi connectivity index (χ0) is 14.0. The van der Waals surface area contributed by atoms with Crippen molar-refractivity contribution in [2.45, 2.75) is 6.42 Å². The number of benzene rings is 1. The molecule has 0 atom stereocenters. The Balaban J connectivity index is 2.65. The SMILES string of the molecule is CNCCc1cc(N(C)C)c2c(Cl)cc(Cl)cc2n1. The summed E-state index contributed by atoms with van der Waals surface area (Å²) in [5, 5.41) is 5.33. The number of pyridine rings is 1. The van der Waals surface area contributed by atoms with Crippen LogP contribution in [0.1, 0.15) is 5.69 Å². The molecule has 0 amide bonds. The molecule has 0 spiro atoms. The van der Waals surface area contributed by atoms with Crippen LogP contribution in [0.5, 0.6) is 0 Å². The van der Waals surface area contributed by atoms with E-state index in [-0.39, 0.29) is 0 Å². The molecule has 3 nitrogen and oxygen atoms in total. The minimum absolute atomic E-state index is 0.612. The van der Waals surface area contributed by atoms with Gasteiger partial charge in [0.15, 0.2) is 0 Å². The molecule has 19 heavy (non-hydrogen) atoms. The van der Waals surface area contributed by atoms with E-state index in [4.69, 9.17) is 23.2 Å². The number of rotatable bonds is 4. The van der Waals surface area contributed by atoms with Gasteiger partial charge in [0, 0.05) is 48.9 Å². The number of fused-ring (bicyclic) bond motifs is 1. The highest BCUT2D eigenvalue weighted by Crippen LogP contribution is 2.34. The van der Waals surface area contributed by atoms with Crippen molar-refractivity contribution in [1.29, 1.82) is 0 Å². The normalized spacial score (nSPS) is 11.0. The van der Waals surface area contributed by atoms with Gasteiger partial charge < -0.3 is 10.2 Å². The molecule has 0 saturated carbocycles. The second-order valence-corrected chi connectivity index (χ2v) is 5.51. The first-order chi connectivity index (χ1) is 9.02. The molecule has 1 N–H and O–H groups in total. The van der Waals surface area contributed by atoms with Crippen LogP contribution in [0.25, 0.3) is 10.9 Å². The Labute approximate surface area is 123 Å². The van der Waals surface area contributed by atoms with E-state index in [9.17, 15) is 0 Å². The average molecular weight is 298 g/mol. The maximum absolute atomic E-state index is 6.30. The Morgan fingerprint density at radius 3 is 2.58 bits per heavy atom. The minimum Gasteiger partial charge on any atom is -0.377 e. The topological polar surface area (TPSA) is 28.2 Å². The Kier molecular flexibility index (Phi) is 4.50.